The Morgan fingerprint density at radius 2 is 1.69 bits per heavy atom. The van der Waals surface area contributed by atoms with E-state index in [2.05, 4.69) is 0 Å². The van der Waals surface area contributed by atoms with E-state index in [1.54, 1.807) is 34.1 Å². The summed E-state index contributed by atoms with van der Waals surface area (Å²) in [6.07, 6.45) is -2.00. The van der Waals surface area contributed by atoms with Crippen LogP contribution in [0.1, 0.15) is 42.2 Å². The number of carboxylic acid groups (broad SMARTS) is 1. The Balaban J connectivity index is 1.66. The maximum absolute atomic E-state index is 13.6. The third kappa shape index (κ3) is 5.04. The van der Waals surface area contributed by atoms with Crippen molar-refractivity contribution in [2.75, 3.05) is 9.80 Å². The van der Waals surface area contributed by atoms with Crippen molar-refractivity contribution in [3.05, 3.63) is 88.9 Å². The van der Waals surface area contributed by atoms with Gasteiger partial charge in [-0.25, -0.2) is 4.79 Å². The highest BCUT2D eigenvalue weighted by Gasteiger charge is 2.38. The number of halogens is 2. The predicted molar refractivity (Wildman–Crippen MR) is 134 cm³/mol. The number of hydrogen-bond donors (Lipinski definition) is 1. The summed E-state index contributed by atoms with van der Waals surface area (Å²) in [7, 11) is 0. The number of para-hydroxylation sites is 1. The summed E-state index contributed by atoms with van der Waals surface area (Å²) in [6, 6.07) is 19.6. The van der Waals surface area contributed by atoms with Crippen LogP contribution in [0.15, 0.2) is 72.8 Å². The monoisotopic (exact) mass is 510 g/mol. The van der Waals surface area contributed by atoms with Gasteiger partial charge in [0.05, 0.1) is 6.04 Å². The van der Waals surface area contributed by atoms with Crippen molar-refractivity contribution in [3.63, 3.8) is 0 Å². The smallest absolute Gasteiger partial charge is 0.378 e. The molecule has 186 valence electrons. The number of anilines is 2. The van der Waals surface area contributed by atoms with Gasteiger partial charge in [-0.15, -0.1) is 0 Å². The number of alkyl halides is 1. The van der Waals surface area contributed by atoms with Crippen LogP contribution in [0, 0.1) is 0 Å². The van der Waals surface area contributed by atoms with Crippen LogP contribution in [0.2, 0.25) is 5.02 Å². The van der Waals surface area contributed by atoms with Gasteiger partial charge in [0.25, 0.3) is 5.91 Å². The normalized spacial score (nSPS) is 17.6. The highest BCUT2D eigenvalue weighted by Crippen LogP contribution is 2.43. The minimum Gasteiger partial charge on any atom is -0.476 e. The number of hydrogen-bond acceptors (Lipinski definition) is 4. The SMILES string of the molecule is CC(=O)N(c1ccc(Cl)cc1)C1CC(C)N(C(=O)c2ccc(OC(F)C(=O)O)cc2)c2ccccc21. The molecule has 1 N–H and O–H groups in total. The highest BCUT2D eigenvalue weighted by atomic mass is 35.5. The van der Waals surface area contributed by atoms with E-state index in [-0.39, 0.29) is 29.6 Å². The molecule has 3 aromatic carbocycles. The first-order valence-electron chi connectivity index (χ1n) is 11.3. The first-order chi connectivity index (χ1) is 17.2. The van der Waals surface area contributed by atoms with Gasteiger partial charge in [0.15, 0.2) is 0 Å². The lowest BCUT2D eigenvalue weighted by atomic mass is 9.89. The summed E-state index contributed by atoms with van der Waals surface area (Å²) in [5.74, 6) is -2.15. The first-order valence-corrected chi connectivity index (χ1v) is 11.7. The molecule has 1 aliphatic heterocycles. The van der Waals surface area contributed by atoms with Crippen molar-refractivity contribution in [1.29, 1.82) is 0 Å². The minimum absolute atomic E-state index is 0.00586. The summed E-state index contributed by atoms with van der Waals surface area (Å²) in [4.78, 5) is 40.4. The highest BCUT2D eigenvalue weighted by molar-refractivity contribution is 6.30. The lowest BCUT2D eigenvalue weighted by Crippen LogP contribution is -2.47. The van der Waals surface area contributed by atoms with Crippen molar-refractivity contribution < 1.29 is 28.6 Å². The number of carbonyl (C=O) groups is 3. The van der Waals surface area contributed by atoms with E-state index in [4.69, 9.17) is 21.4 Å². The van der Waals surface area contributed by atoms with Crippen molar-refractivity contribution in [3.8, 4) is 5.75 Å². The van der Waals surface area contributed by atoms with Crippen LogP contribution in [0.5, 0.6) is 5.75 Å². The van der Waals surface area contributed by atoms with Crippen LogP contribution in [0.25, 0.3) is 0 Å². The van der Waals surface area contributed by atoms with Gasteiger partial charge in [-0.05, 0) is 73.5 Å². The third-order valence-corrected chi connectivity index (χ3v) is 6.32. The Labute approximate surface area is 212 Å². The molecule has 1 aliphatic rings. The molecule has 7 nitrogen and oxygen atoms in total. The molecule has 3 aromatic rings. The molecule has 4 rings (SSSR count). The molecule has 0 fully saturated rings. The average Bonchev–Trinajstić information content (AvgIpc) is 2.85. The summed E-state index contributed by atoms with van der Waals surface area (Å²) in [5, 5.41) is 9.23. The quantitative estimate of drug-likeness (QED) is 0.464. The Morgan fingerprint density at radius 1 is 1.06 bits per heavy atom. The largest absolute Gasteiger partial charge is 0.476 e. The van der Waals surface area contributed by atoms with E-state index >= 15 is 0 Å². The van der Waals surface area contributed by atoms with Crippen LogP contribution >= 0.6 is 11.6 Å². The maximum Gasteiger partial charge on any atom is 0.378 e. The summed E-state index contributed by atoms with van der Waals surface area (Å²) < 4.78 is 18.1. The molecular weight excluding hydrogens is 487 g/mol. The Hall–Kier alpha value is -3.91. The zero-order valence-electron chi connectivity index (χ0n) is 19.6. The molecule has 3 unspecified atom stereocenters. The van der Waals surface area contributed by atoms with Crippen LogP contribution in [0.3, 0.4) is 0 Å². The second kappa shape index (κ2) is 10.4. The number of amides is 2. The molecule has 0 aromatic heterocycles. The van der Waals surface area contributed by atoms with Gasteiger partial charge in [-0.2, -0.15) is 4.39 Å². The van der Waals surface area contributed by atoms with Crippen molar-refractivity contribution >= 4 is 40.8 Å². The molecule has 9 heteroatoms. The fraction of sp³-hybridized carbons (Fsp3) is 0.222. The van der Waals surface area contributed by atoms with Crippen molar-refractivity contribution in [1.82, 2.24) is 0 Å². The van der Waals surface area contributed by atoms with Gasteiger partial charge in [-0.3, -0.25) is 9.59 Å². The molecule has 0 bridgehead atoms. The van der Waals surface area contributed by atoms with Crippen LogP contribution in [0.4, 0.5) is 15.8 Å². The van der Waals surface area contributed by atoms with Gasteiger partial charge in [0.1, 0.15) is 5.75 Å². The van der Waals surface area contributed by atoms with Crippen molar-refractivity contribution in [2.45, 2.75) is 38.7 Å². The number of fused-ring (bicyclic) bond motifs is 1. The number of benzene rings is 3. The fourth-order valence-corrected chi connectivity index (χ4v) is 4.63. The third-order valence-electron chi connectivity index (χ3n) is 6.07. The molecular formula is C27H24ClFN2O5. The minimum atomic E-state index is -2.50. The summed E-state index contributed by atoms with van der Waals surface area (Å²) >= 11 is 6.05. The molecule has 0 radical (unpaired) electrons. The van der Waals surface area contributed by atoms with Crippen LogP contribution in [-0.4, -0.2) is 35.3 Å². The van der Waals surface area contributed by atoms with E-state index in [0.717, 1.165) is 5.56 Å². The van der Waals surface area contributed by atoms with Gasteiger partial charge < -0.3 is 19.6 Å². The van der Waals surface area contributed by atoms with Gasteiger partial charge in [-0.1, -0.05) is 29.8 Å². The molecule has 3 atom stereocenters. The van der Waals surface area contributed by atoms with Gasteiger partial charge in [0.2, 0.25) is 5.91 Å². The second-order valence-electron chi connectivity index (χ2n) is 8.50. The molecule has 0 aliphatic carbocycles. The maximum atomic E-state index is 13.6. The summed E-state index contributed by atoms with van der Waals surface area (Å²) in [5.41, 5.74) is 2.55. The number of carboxylic acids is 1. The van der Waals surface area contributed by atoms with E-state index in [1.807, 2.05) is 31.2 Å². The standard InChI is InChI=1S/C27H24ClFN2O5/c1-16-15-24(31(17(2)32)20-11-9-19(28)10-12-20)22-5-3-4-6-23(22)30(16)26(33)18-7-13-21(14-8-18)36-25(29)27(34)35/h3-14,16,24-25H,15H2,1-2H3,(H,34,35). The molecule has 1 heterocycles. The molecule has 0 spiro atoms. The molecule has 0 saturated heterocycles. The summed E-state index contributed by atoms with van der Waals surface area (Å²) in [6.45, 7) is 3.43. The predicted octanol–water partition coefficient (Wildman–Crippen LogP) is 5.63. The molecule has 2 amide bonds. The number of nitrogens with zero attached hydrogens (tertiary/aromatic N) is 2. The Morgan fingerprint density at radius 3 is 2.31 bits per heavy atom. The average molecular weight is 511 g/mol. The Kier molecular flexibility index (Phi) is 7.26. The lowest BCUT2D eigenvalue weighted by Gasteiger charge is -2.43. The number of carbonyl (C=O) groups excluding carboxylic acids is 2. The van der Waals surface area contributed by atoms with E-state index in [9.17, 15) is 18.8 Å². The van der Waals surface area contributed by atoms with Crippen molar-refractivity contribution in [2.24, 2.45) is 0 Å². The van der Waals surface area contributed by atoms with Crippen LogP contribution < -0.4 is 14.5 Å². The van der Waals surface area contributed by atoms with E-state index in [1.165, 1.54) is 31.2 Å². The molecule has 36 heavy (non-hydrogen) atoms. The first kappa shape index (κ1) is 25.2. The van der Waals surface area contributed by atoms with Crippen LogP contribution in [-0.2, 0) is 9.59 Å². The fourth-order valence-electron chi connectivity index (χ4n) is 4.50. The number of rotatable bonds is 6. The van der Waals surface area contributed by atoms with E-state index < -0.39 is 12.3 Å². The topological polar surface area (TPSA) is 87.2 Å². The van der Waals surface area contributed by atoms with Gasteiger partial charge in [0, 0.05) is 34.9 Å². The lowest BCUT2D eigenvalue weighted by molar-refractivity contribution is -0.153. The Bertz CT molecular complexity index is 1280. The molecule has 0 saturated carbocycles. The van der Waals surface area contributed by atoms with Gasteiger partial charge >= 0.3 is 12.3 Å². The zero-order valence-corrected chi connectivity index (χ0v) is 20.4. The van der Waals surface area contributed by atoms with E-state index in [0.29, 0.717) is 28.4 Å². The second-order valence-corrected chi connectivity index (χ2v) is 8.93. The number of aliphatic carboxylic acids is 1. The zero-order chi connectivity index (χ0) is 26.0. The number of ether oxygens (including phenoxy) is 1.